The number of hydrogen-bond acceptors (Lipinski definition) is 5. The van der Waals surface area contributed by atoms with Gasteiger partial charge in [0.25, 0.3) is 0 Å². The van der Waals surface area contributed by atoms with E-state index in [0.717, 1.165) is 28.3 Å². The van der Waals surface area contributed by atoms with E-state index in [-0.39, 0.29) is 18.1 Å². The number of anilines is 1. The quantitative estimate of drug-likeness (QED) is 0.301. The van der Waals surface area contributed by atoms with E-state index in [0.29, 0.717) is 16.4 Å². The molecular weight excluding hydrogens is 446 g/mol. The molecule has 5 rings (SSSR count). The number of benzene rings is 2. The van der Waals surface area contributed by atoms with Crippen molar-refractivity contribution in [3.63, 3.8) is 0 Å². The number of ether oxygens (including phenoxy) is 1. The van der Waals surface area contributed by atoms with Gasteiger partial charge in [0.15, 0.2) is 5.11 Å². The first-order valence-electron chi connectivity index (χ1n) is 10.9. The summed E-state index contributed by atoms with van der Waals surface area (Å²) in [6, 6.07) is 24.7. The second kappa shape index (κ2) is 9.11. The van der Waals surface area contributed by atoms with Gasteiger partial charge in [0, 0.05) is 17.4 Å². The van der Waals surface area contributed by atoms with Crippen molar-refractivity contribution in [2.24, 2.45) is 0 Å². The lowest BCUT2D eigenvalue weighted by molar-refractivity contribution is 0.0601. The van der Waals surface area contributed by atoms with Crippen LogP contribution in [0.4, 0.5) is 5.69 Å². The second-order valence-corrected chi connectivity index (χ2v) is 8.50. The minimum Gasteiger partial charge on any atom is -0.465 e. The molecule has 2 aromatic heterocycles. The molecule has 1 fully saturated rings. The van der Waals surface area contributed by atoms with E-state index in [2.05, 4.69) is 34.3 Å². The number of esters is 1. The smallest absolute Gasteiger partial charge is 0.337 e. The number of furan rings is 1. The molecule has 0 amide bonds. The minimum absolute atomic E-state index is 0.199. The number of rotatable bonds is 5. The summed E-state index contributed by atoms with van der Waals surface area (Å²) in [4.78, 5) is 18.6. The van der Waals surface area contributed by atoms with Crippen LogP contribution in [0.3, 0.4) is 0 Å². The highest BCUT2D eigenvalue weighted by atomic mass is 32.1. The predicted molar refractivity (Wildman–Crippen MR) is 135 cm³/mol. The van der Waals surface area contributed by atoms with E-state index in [1.165, 1.54) is 7.11 Å². The Morgan fingerprint density at radius 2 is 1.91 bits per heavy atom. The Labute approximate surface area is 203 Å². The van der Waals surface area contributed by atoms with Crippen LogP contribution in [0.25, 0.3) is 11.3 Å². The minimum atomic E-state index is -0.389. The van der Waals surface area contributed by atoms with Gasteiger partial charge in [-0.15, -0.1) is 0 Å². The van der Waals surface area contributed by atoms with Gasteiger partial charge in [-0.25, -0.2) is 4.79 Å². The summed E-state index contributed by atoms with van der Waals surface area (Å²) in [6.45, 7) is 2.06. The molecule has 1 saturated heterocycles. The van der Waals surface area contributed by atoms with Crippen molar-refractivity contribution in [2.75, 3.05) is 12.0 Å². The van der Waals surface area contributed by atoms with E-state index in [4.69, 9.17) is 21.4 Å². The Hall–Kier alpha value is -3.97. The van der Waals surface area contributed by atoms with Crippen molar-refractivity contribution in [3.05, 3.63) is 108 Å². The van der Waals surface area contributed by atoms with Crippen LogP contribution in [0, 0.1) is 6.92 Å². The van der Waals surface area contributed by atoms with Crippen molar-refractivity contribution < 1.29 is 13.9 Å². The number of aromatic nitrogens is 1. The van der Waals surface area contributed by atoms with Gasteiger partial charge in [-0.1, -0.05) is 30.3 Å². The molecular formula is C27H23N3O3S. The zero-order valence-electron chi connectivity index (χ0n) is 18.8. The Kier molecular flexibility index (Phi) is 5.86. The van der Waals surface area contributed by atoms with Crippen molar-refractivity contribution in [2.45, 2.75) is 19.0 Å². The van der Waals surface area contributed by atoms with Crippen LogP contribution in [-0.2, 0) is 4.74 Å². The third-order valence-corrected chi connectivity index (χ3v) is 6.18. The fourth-order valence-corrected chi connectivity index (χ4v) is 4.63. The Morgan fingerprint density at radius 3 is 2.68 bits per heavy atom. The first kappa shape index (κ1) is 21.9. The number of carbonyl (C=O) groups is 1. The summed E-state index contributed by atoms with van der Waals surface area (Å²) in [5.74, 6) is 1.00. The SMILES string of the molecule is COC(=O)c1cccc(-c2ccc(C3C(c4ccccn4)NC(=S)N3c3cccc(C)c3)o2)c1. The maximum atomic E-state index is 12.0. The molecule has 2 atom stereocenters. The third-order valence-electron chi connectivity index (χ3n) is 5.86. The summed E-state index contributed by atoms with van der Waals surface area (Å²) in [6.07, 6.45) is 1.78. The standard InChI is InChI=1S/C27H23N3O3S/c1-17-7-5-10-20(15-17)30-25(24(29-27(30)34)21-11-3-4-14-28-21)23-13-12-22(33-23)18-8-6-9-19(16-18)26(31)32-2/h3-16,24-25H,1-2H3,(H,29,34). The number of nitrogens with zero attached hydrogens (tertiary/aromatic N) is 2. The molecule has 7 heteroatoms. The highest BCUT2D eigenvalue weighted by molar-refractivity contribution is 7.80. The lowest BCUT2D eigenvalue weighted by Crippen LogP contribution is -2.29. The molecule has 0 spiro atoms. The first-order chi connectivity index (χ1) is 16.5. The fraction of sp³-hybridized carbons (Fsp3) is 0.148. The van der Waals surface area contributed by atoms with Crippen LogP contribution < -0.4 is 10.2 Å². The van der Waals surface area contributed by atoms with Gasteiger partial charge in [0.1, 0.15) is 17.6 Å². The summed E-state index contributed by atoms with van der Waals surface area (Å²) >= 11 is 5.77. The zero-order chi connectivity index (χ0) is 23.7. The van der Waals surface area contributed by atoms with E-state index in [1.807, 2.05) is 54.6 Å². The number of pyridine rings is 1. The van der Waals surface area contributed by atoms with Crippen molar-refractivity contribution in [1.82, 2.24) is 10.3 Å². The number of carbonyl (C=O) groups excluding carboxylic acids is 1. The molecule has 0 aliphatic carbocycles. The molecule has 170 valence electrons. The highest BCUT2D eigenvalue weighted by Crippen LogP contribution is 2.43. The number of hydrogen-bond donors (Lipinski definition) is 1. The van der Waals surface area contributed by atoms with Crippen LogP contribution in [-0.4, -0.2) is 23.2 Å². The Morgan fingerprint density at radius 1 is 1.06 bits per heavy atom. The lowest BCUT2D eigenvalue weighted by Gasteiger charge is -2.26. The molecule has 1 aliphatic heterocycles. The lowest BCUT2D eigenvalue weighted by atomic mass is 10.0. The van der Waals surface area contributed by atoms with Crippen molar-refractivity contribution >= 4 is 29.0 Å². The normalized spacial score (nSPS) is 17.5. The topological polar surface area (TPSA) is 67.6 Å². The number of aryl methyl sites for hydroxylation is 1. The van der Waals surface area contributed by atoms with Gasteiger partial charge in [-0.05, 0) is 73.2 Å². The van der Waals surface area contributed by atoms with E-state index in [9.17, 15) is 4.79 Å². The molecule has 0 radical (unpaired) electrons. The maximum absolute atomic E-state index is 12.0. The zero-order valence-corrected chi connectivity index (χ0v) is 19.6. The molecule has 0 bridgehead atoms. The molecule has 6 nitrogen and oxygen atoms in total. The number of methoxy groups -OCH3 is 1. The van der Waals surface area contributed by atoms with Crippen molar-refractivity contribution in [1.29, 1.82) is 0 Å². The summed E-state index contributed by atoms with van der Waals surface area (Å²) in [7, 11) is 1.37. The molecule has 1 N–H and O–H groups in total. The van der Waals surface area contributed by atoms with Gasteiger partial charge in [0.05, 0.1) is 24.4 Å². The van der Waals surface area contributed by atoms with Crippen LogP contribution in [0.5, 0.6) is 0 Å². The first-order valence-corrected chi connectivity index (χ1v) is 11.3. The number of nitrogens with one attached hydrogen (secondary N) is 1. The van der Waals surface area contributed by atoms with Crippen molar-refractivity contribution in [3.8, 4) is 11.3 Å². The molecule has 3 heterocycles. The average molecular weight is 470 g/mol. The fourth-order valence-electron chi connectivity index (χ4n) is 4.28. The van der Waals surface area contributed by atoms with E-state index in [1.54, 1.807) is 18.3 Å². The largest absolute Gasteiger partial charge is 0.465 e. The molecule has 2 aromatic carbocycles. The molecule has 34 heavy (non-hydrogen) atoms. The van der Waals surface area contributed by atoms with Crippen LogP contribution in [0.2, 0.25) is 0 Å². The summed E-state index contributed by atoms with van der Waals surface area (Å²) in [5.41, 5.74) is 4.25. The molecule has 4 aromatic rings. The molecule has 0 saturated carbocycles. The summed E-state index contributed by atoms with van der Waals surface area (Å²) < 4.78 is 11.2. The Bertz CT molecular complexity index is 1350. The van der Waals surface area contributed by atoms with Gasteiger partial charge in [-0.2, -0.15) is 0 Å². The van der Waals surface area contributed by atoms with Crippen LogP contribution in [0.15, 0.2) is 89.5 Å². The second-order valence-electron chi connectivity index (χ2n) is 8.11. The molecule has 1 aliphatic rings. The van der Waals surface area contributed by atoms with Gasteiger partial charge in [0.2, 0.25) is 0 Å². The monoisotopic (exact) mass is 469 g/mol. The molecule has 2 unspecified atom stereocenters. The van der Waals surface area contributed by atoms with Crippen LogP contribution >= 0.6 is 12.2 Å². The van der Waals surface area contributed by atoms with Gasteiger partial charge < -0.3 is 19.4 Å². The average Bonchev–Trinajstić information content (AvgIpc) is 3.49. The van der Waals surface area contributed by atoms with Gasteiger partial charge >= 0.3 is 5.97 Å². The Balaban J connectivity index is 1.58. The van der Waals surface area contributed by atoms with E-state index < -0.39 is 0 Å². The van der Waals surface area contributed by atoms with Crippen LogP contribution in [0.1, 0.15) is 39.5 Å². The van der Waals surface area contributed by atoms with Gasteiger partial charge in [-0.3, -0.25) is 4.98 Å². The summed E-state index contributed by atoms with van der Waals surface area (Å²) in [5, 5.41) is 4.05. The number of thiocarbonyl (C=S) groups is 1. The maximum Gasteiger partial charge on any atom is 0.337 e. The third kappa shape index (κ3) is 4.06. The van der Waals surface area contributed by atoms with E-state index >= 15 is 0 Å². The highest BCUT2D eigenvalue weighted by Gasteiger charge is 2.42. The predicted octanol–water partition coefficient (Wildman–Crippen LogP) is 5.61.